The predicted octanol–water partition coefficient (Wildman–Crippen LogP) is 1.33. The van der Waals surface area contributed by atoms with Crippen molar-refractivity contribution in [3.8, 4) is 0 Å². The first-order valence-electron chi connectivity index (χ1n) is 5.86. The number of hydrogen-bond donors (Lipinski definition) is 1. The molecule has 6 heteroatoms. The number of rotatable bonds is 3. The van der Waals surface area contributed by atoms with E-state index in [1.54, 1.807) is 11.3 Å². The lowest BCUT2D eigenvalue weighted by atomic mass is 10.1. The van der Waals surface area contributed by atoms with E-state index in [0.717, 1.165) is 30.0 Å². The number of nitrogens with zero attached hydrogens (tertiary/aromatic N) is 1. The fourth-order valence-corrected chi connectivity index (χ4v) is 4.94. The Kier molecular flexibility index (Phi) is 3.85. The molecule has 4 nitrogen and oxygen atoms in total. The van der Waals surface area contributed by atoms with Crippen LogP contribution in [0.3, 0.4) is 0 Å². The van der Waals surface area contributed by atoms with Crippen molar-refractivity contribution < 1.29 is 8.42 Å². The van der Waals surface area contributed by atoms with Crippen molar-refractivity contribution >= 4 is 21.2 Å². The summed E-state index contributed by atoms with van der Waals surface area (Å²) in [5, 5.41) is 2.96. The first kappa shape index (κ1) is 13.0. The third-order valence-electron chi connectivity index (χ3n) is 2.91. The van der Waals surface area contributed by atoms with Gasteiger partial charge in [0.05, 0.1) is 22.2 Å². The quantitative estimate of drug-likeness (QED) is 0.902. The Morgan fingerprint density at radius 3 is 3.06 bits per heavy atom. The van der Waals surface area contributed by atoms with E-state index in [2.05, 4.69) is 4.98 Å². The van der Waals surface area contributed by atoms with Crippen molar-refractivity contribution in [1.29, 1.82) is 0 Å². The van der Waals surface area contributed by atoms with Gasteiger partial charge in [-0.05, 0) is 19.8 Å². The fourth-order valence-electron chi connectivity index (χ4n) is 2.15. The molecule has 0 radical (unpaired) electrons. The van der Waals surface area contributed by atoms with Gasteiger partial charge in [-0.25, -0.2) is 13.4 Å². The van der Waals surface area contributed by atoms with Crippen LogP contribution in [0.4, 0.5) is 0 Å². The summed E-state index contributed by atoms with van der Waals surface area (Å²) in [6.07, 6.45) is 2.45. The summed E-state index contributed by atoms with van der Waals surface area (Å²) in [5.41, 5.74) is 6.71. The Hall–Kier alpha value is -0.460. The highest BCUT2D eigenvalue weighted by Gasteiger charge is 2.27. The molecule has 1 aliphatic heterocycles. The molecule has 96 valence electrons. The molecule has 2 unspecified atom stereocenters. The monoisotopic (exact) mass is 274 g/mol. The Bertz CT molecular complexity index is 479. The molecule has 2 N–H and O–H groups in total. The Morgan fingerprint density at radius 2 is 2.41 bits per heavy atom. The average Bonchev–Trinajstić information content (AvgIpc) is 2.63. The van der Waals surface area contributed by atoms with Gasteiger partial charge in [-0.3, -0.25) is 0 Å². The van der Waals surface area contributed by atoms with Crippen LogP contribution < -0.4 is 5.73 Å². The molecule has 2 rings (SSSR count). The van der Waals surface area contributed by atoms with E-state index in [4.69, 9.17) is 5.73 Å². The maximum Gasteiger partial charge on any atom is 0.151 e. The molecule has 1 aromatic heterocycles. The molecule has 1 fully saturated rings. The van der Waals surface area contributed by atoms with E-state index >= 15 is 0 Å². The highest BCUT2D eigenvalue weighted by molar-refractivity contribution is 7.91. The van der Waals surface area contributed by atoms with Crippen molar-refractivity contribution in [2.24, 2.45) is 5.73 Å². The van der Waals surface area contributed by atoms with Crippen LogP contribution in [0, 0.1) is 0 Å². The standard InChI is InChI=1S/C11H18N2O2S2/c1-8(12)5-10-6-16-11(13-10)9-3-2-4-17(14,15)7-9/h6,8-9H,2-5,7,12H2,1H3. The van der Waals surface area contributed by atoms with Gasteiger partial charge in [0.25, 0.3) is 0 Å². The van der Waals surface area contributed by atoms with Crippen LogP contribution in [0.2, 0.25) is 0 Å². The maximum absolute atomic E-state index is 11.6. The number of hydrogen-bond acceptors (Lipinski definition) is 5. The molecular formula is C11H18N2O2S2. The van der Waals surface area contributed by atoms with Crippen LogP contribution in [0.15, 0.2) is 5.38 Å². The summed E-state index contributed by atoms with van der Waals surface area (Å²) in [5.74, 6) is 0.695. The van der Waals surface area contributed by atoms with Crippen LogP contribution in [0.5, 0.6) is 0 Å². The summed E-state index contributed by atoms with van der Waals surface area (Å²) in [6, 6.07) is 0.0973. The van der Waals surface area contributed by atoms with Crippen molar-refractivity contribution in [2.75, 3.05) is 11.5 Å². The van der Waals surface area contributed by atoms with Gasteiger partial charge < -0.3 is 5.73 Å². The lowest BCUT2D eigenvalue weighted by Crippen LogP contribution is -2.23. The van der Waals surface area contributed by atoms with Gasteiger partial charge >= 0.3 is 0 Å². The molecule has 1 aliphatic rings. The van der Waals surface area contributed by atoms with E-state index in [1.165, 1.54) is 0 Å². The van der Waals surface area contributed by atoms with Gasteiger partial charge in [0, 0.05) is 23.8 Å². The first-order chi connectivity index (χ1) is 7.96. The lowest BCUT2D eigenvalue weighted by molar-refractivity contribution is 0.552. The second-order valence-corrected chi connectivity index (χ2v) is 7.93. The summed E-state index contributed by atoms with van der Waals surface area (Å²) < 4.78 is 23.2. The molecule has 0 amide bonds. The SMILES string of the molecule is CC(N)Cc1csc(C2CCCS(=O)(=O)C2)n1. The number of nitrogens with two attached hydrogens (primary N) is 1. The molecule has 2 heterocycles. The molecule has 0 bridgehead atoms. The van der Waals surface area contributed by atoms with Gasteiger partial charge in [-0.15, -0.1) is 11.3 Å². The van der Waals surface area contributed by atoms with E-state index in [9.17, 15) is 8.42 Å². The molecule has 0 spiro atoms. The minimum absolute atomic E-state index is 0.0973. The molecule has 17 heavy (non-hydrogen) atoms. The number of sulfone groups is 1. The Morgan fingerprint density at radius 1 is 1.65 bits per heavy atom. The first-order valence-corrected chi connectivity index (χ1v) is 8.57. The highest BCUT2D eigenvalue weighted by atomic mass is 32.2. The van der Waals surface area contributed by atoms with Gasteiger partial charge in [-0.1, -0.05) is 0 Å². The van der Waals surface area contributed by atoms with E-state index in [-0.39, 0.29) is 17.7 Å². The summed E-state index contributed by atoms with van der Waals surface area (Å²) >= 11 is 1.57. The second kappa shape index (κ2) is 5.04. The summed E-state index contributed by atoms with van der Waals surface area (Å²) in [7, 11) is -2.85. The maximum atomic E-state index is 11.6. The minimum atomic E-state index is -2.85. The van der Waals surface area contributed by atoms with Crippen LogP contribution in [-0.4, -0.2) is 30.9 Å². The third-order valence-corrected chi connectivity index (χ3v) is 5.79. The van der Waals surface area contributed by atoms with Gasteiger partial charge in [-0.2, -0.15) is 0 Å². The molecule has 0 aliphatic carbocycles. The van der Waals surface area contributed by atoms with Crippen molar-refractivity contribution in [1.82, 2.24) is 4.98 Å². The molecule has 1 saturated heterocycles. The van der Waals surface area contributed by atoms with Crippen LogP contribution >= 0.6 is 11.3 Å². The molecular weight excluding hydrogens is 256 g/mol. The Labute approximate surface area is 106 Å². The average molecular weight is 274 g/mol. The zero-order chi connectivity index (χ0) is 12.5. The van der Waals surface area contributed by atoms with Gasteiger partial charge in [0.15, 0.2) is 9.84 Å². The number of thiazole rings is 1. The van der Waals surface area contributed by atoms with E-state index in [0.29, 0.717) is 5.75 Å². The largest absolute Gasteiger partial charge is 0.328 e. The zero-order valence-electron chi connectivity index (χ0n) is 9.93. The van der Waals surface area contributed by atoms with E-state index in [1.807, 2.05) is 12.3 Å². The lowest BCUT2D eigenvalue weighted by Gasteiger charge is -2.19. The van der Waals surface area contributed by atoms with Crippen molar-refractivity contribution in [2.45, 2.75) is 38.1 Å². The van der Waals surface area contributed by atoms with Crippen molar-refractivity contribution in [3.63, 3.8) is 0 Å². The fraction of sp³-hybridized carbons (Fsp3) is 0.727. The normalized spacial score (nSPS) is 25.6. The van der Waals surface area contributed by atoms with Crippen LogP contribution in [0.25, 0.3) is 0 Å². The van der Waals surface area contributed by atoms with Gasteiger partial charge in [0.1, 0.15) is 0 Å². The highest BCUT2D eigenvalue weighted by Crippen LogP contribution is 2.30. The topological polar surface area (TPSA) is 73.1 Å². The predicted molar refractivity (Wildman–Crippen MR) is 70.1 cm³/mol. The molecule has 2 atom stereocenters. The summed E-state index contributed by atoms with van der Waals surface area (Å²) in [4.78, 5) is 4.51. The Balaban J connectivity index is 2.09. The van der Waals surface area contributed by atoms with Crippen LogP contribution in [-0.2, 0) is 16.3 Å². The zero-order valence-corrected chi connectivity index (χ0v) is 11.6. The third kappa shape index (κ3) is 3.50. The minimum Gasteiger partial charge on any atom is -0.328 e. The summed E-state index contributed by atoms with van der Waals surface area (Å²) in [6.45, 7) is 1.95. The van der Waals surface area contributed by atoms with Gasteiger partial charge in [0.2, 0.25) is 0 Å². The van der Waals surface area contributed by atoms with E-state index < -0.39 is 9.84 Å². The molecule has 0 saturated carbocycles. The molecule has 1 aromatic rings. The molecule has 0 aromatic carbocycles. The number of aromatic nitrogens is 1. The second-order valence-electron chi connectivity index (χ2n) is 4.81. The van der Waals surface area contributed by atoms with Crippen molar-refractivity contribution in [3.05, 3.63) is 16.1 Å². The smallest absolute Gasteiger partial charge is 0.151 e. The van der Waals surface area contributed by atoms with Crippen LogP contribution in [0.1, 0.15) is 36.4 Å².